The summed E-state index contributed by atoms with van der Waals surface area (Å²) in [4.78, 5) is 15.4. The summed E-state index contributed by atoms with van der Waals surface area (Å²) in [5, 5.41) is 4.55. The standard InChI is InChI=1S/C25H26Cl3N3O/c26-21-12-5-4-8-18(21)16-30-15-7-11-20(30)17-31(19-9-2-1-3-10-19)25(32)29-24-22(27)13-6-14-23(24)28/h4-8,11-15,19H,1-3,9-10,16-17H2,(H,29,32). The van der Waals surface area contributed by atoms with Crippen molar-refractivity contribution in [2.24, 2.45) is 0 Å². The lowest BCUT2D eigenvalue weighted by molar-refractivity contribution is 0.161. The Kier molecular flexibility index (Phi) is 7.67. The highest BCUT2D eigenvalue weighted by molar-refractivity contribution is 6.39. The molecular formula is C25H26Cl3N3O. The van der Waals surface area contributed by atoms with Crippen molar-refractivity contribution in [1.29, 1.82) is 0 Å². The van der Waals surface area contributed by atoms with Crippen LogP contribution in [-0.2, 0) is 13.1 Å². The Bertz CT molecular complexity index is 1060. The van der Waals surface area contributed by atoms with Crippen molar-refractivity contribution in [3.8, 4) is 0 Å². The van der Waals surface area contributed by atoms with E-state index in [4.69, 9.17) is 34.8 Å². The van der Waals surface area contributed by atoms with E-state index >= 15 is 0 Å². The second kappa shape index (κ2) is 10.7. The summed E-state index contributed by atoms with van der Waals surface area (Å²) in [5.74, 6) is 0. The zero-order chi connectivity index (χ0) is 22.5. The third-order valence-corrected chi connectivity index (χ3v) is 7.02. The van der Waals surface area contributed by atoms with E-state index in [9.17, 15) is 4.79 Å². The molecule has 1 aromatic heterocycles. The summed E-state index contributed by atoms with van der Waals surface area (Å²) >= 11 is 19.0. The minimum absolute atomic E-state index is 0.175. The average molecular weight is 491 g/mol. The molecular weight excluding hydrogens is 465 g/mol. The fraction of sp³-hybridized carbons (Fsp3) is 0.320. The topological polar surface area (TPSA) is 37.3 Å². The number of benzene rings is 2. The Morgan fingerprint density at radius 1 is 0.906 bits per heavy atom. The molecule has 0 bridgehead atoms. The normalized spacial score (nSPS) is 14.3. The van der Waals surface area contributed by atoms with E-state index in [2.05, 4.69) is 16.0 Å². The van der Waals surface area contributed by atoms with Crippen LogP contribution in [0.15, 0.2) is 60.8 Å². The molecule has 3 aromatic rings. The number of halogens is 3. The van der Waals surface area contributed by atoms with Crippen LogP contribution in [0.3, 0.4) is 0 Å². The zero-order valence-corrected chi connectivity index (χ0v) is 20.0. The highest BCUT2D eigenvalue weighted by atomic mass is 35.5. The van der Waals surface area contributed by atoms with Crippen molar-refractivity contribution < 1.29 is 4.79 Å². The summed E-state index contributed by atoms with van der Waals surface area (Å²) in [7, 11) is 0. The van der Waals surface area contributed by atoms with Crippen LogP contribution in [0.1, 0.15) is 43.4 Å². The van der Waals surface area contributed by atoms with E-state index in [1.165, 1.54) is 6.42 Å². The molecule has 0 aliphatic heterocycles. The molecule has 1 fully saturated rings. The molecule has 4 rings (SSSR count). The number of carbonyl (C=O) groups is 1. The van der Waals surface area contributed by atoms with Gasteiger partial charge in [-0.1, -0.05) is 78.3 Å². The molecule has 4 nitrogen and oxygen atoms in total. The predicted molar refractivity (Wildman–Crippen MR) is 133 cm³/mol. The number of rotatable bonds is 6. The average Bonchev–Trinajstić information content (AvgIpc) is 3.23. The van der Waals surface area contributed by atoms with E-state index < -0.39 is 0 Å². The second-order valence-corrected chi connectivity index (χ2v) is 9.39. The number of hydrogen-bond donors (Lipinski definition) is 1. The number of carbonyl (C=O) groups excluding carboxylic acids is 1. The van der Waals surface area contributed by atoms with Gasteiger partial charge in [-0.05, 0) is 48.7 Å². The fourth-order valence-corrected chi connectivity index (χ4v) is 4.97. The maximum Gasteiger partial charge on any atom is 0.322 e. The Balaban J connectivity index is 1.57. The molecule has 32 heavy (non-hydrogen) atoms. The molecule has 1 aliphatic carbocycles. The number of aromatic nitrogens is 1. The van der Waals surface area contributed by atoms with E-state index in [0.29, 0.717) is 28.8 Å². The van der Waals surface area contributed by atoms with Crippen molar-refractivity contribution in [2.45, 2.75) is 51.2 Å². The fourth-order valence-electron chi connectivity index (χ4n) is 4.29. The van der Waals surface area contributed by atoms with Crippen molar-refractivity contribution in [3.05, 3.63) is 87.1 Å². The maximum atomic E-state index is 13.4. The zero-order valence-electron chi connectivity index (χ0n) is 17.7. The Morgan fingerprint density at radius 3 is 2.31 bits per heavy atom. The summed E-state index contributed by atoms with van der Waals surface area (Å²) < 4.78 is 2.15. The molecule has 2 aromatic carbocycles. The van der Waals surface area contributed by atoms with Crippen LogP contribution in [0, 0.1) is 0 Å². The Labute approximate surface area is 204 Å². The van der Waals surface area contributed by atoms with Crippen LogP contribution < -0.4 is 5.32 Å². The Morgan fingerprint density at radius 2 is 1.59 bits per heavy atom. The highest BCUT2D eigenvalue weighted by Gasteiger charge is 2.27. The number of nitrogens with one attached hydrogen (secondary N) is 1. The molecule has 1 aliphatic rings. The first-order valence-corrected chi connectivity index (χ1v) is 12.1. The lowest BCUT2D eigenvalue weighted by Gasteiger charge is -2.35. The number of nitrogens with zero attached hydrogens (tertiary/aromatic N) is 2. The summed E-state index contributed by atoms with van der Waals surface area (Å²) in [5.41, 5.74) is 2.55. The molecule has 2 amide bonds. The number of urea groups is 1. The summed E-state index contributed by atoms with van der Waals surface area (Å²) in [6.45, 7) is 1.15. The van der Waals surface area contributed by atoms with Crippen LogP contribution in [-0.4, -0.2) is 21.5 Å². The van der Waals surface area contributed by atoms with E-state index in [1.807, 2.05) is 41.4 Å². The monoisotopic (exact) mass is 489 g/mol. The molecule has 1 saturated carbocycles. The van der Waals surface area contributed by atoms with Crippen molar-refractivity contribution >= 4 is 46.5 Å². The molecule has 1 heterocycles. The van der Waals surface area contributed by atoms with Gasteiger partial charge in [0.05, 0.1) is 22.3 Å². The summed E-state index contributed by atoms with van der Waals surface area (Å²) in [6, 6.07) is 17.1. The van der Waals surface area contributed by atoms with E-state index in [0.717, 1.165) is 42.0 Å². The third kappa shape index (κ3) is 5.43. The van der Waals surface area contributed by atoms with Crippen LogP contribution in [0.4, 0.5) is 10.5 Å². The van der Waals surface area contributed by atoms with Gasteiger partial charge in [0.15, 0.2) is 0 Å². The van der Waals surface area contributed by atoms with Gasteiger partial charge in [0.2, 0.25) is 0 Å². The number of hydrogen-bond acceptors (Lipinski definition) is 1. The number of amides is 2. The van der Waals surface area contributed by atoms with Gasteiger partial charge in [0.25, 0.3) is 0 Å². The lowest BCUT2D eigenvalue weighted by atomic mass is 9.94. The second-order valence-electron chi connectivity index (χ2n) is 8.17. The third-order valence-electron chi connectivity index (χ3n) is 6.03. The van der Waals surface area contributed by atoms with Crippen LogP contribution in [0.2, 0.25) is 15.1 Å². The van der Waals surface area contributed by atoms with Gasteiger partial charge in [-0.2, -0.15) is 0 Å². The molecule has 0 atom stereocenters. The molecule has 1 N–H and O–H groups in total. The largest absolute Gasteiger partial charge is 0.345 e. The SMILES string of the molecule is O=C(Nc1c(Cl)cccc1Cl)N(Cc1cccn1Cc1ccccc1Cl)C1CCCCC1. The maximum absolute atomic E-state index is 13.4. The van der Waals surface area contributed by atoms with E-state index in [1.54, 1.807) is 18.2 Å². The molecule has 7 heteroatoms. The van der Waals surface area contributed by atoms with Gasteiger partial charge >= 0.3 is 6.03 Å². The highest BCUT2D eigenvalue weighted by Crippen LogP contribution is 2.31. The molecule has 168 valence electrons. The minimum atomic E-state index is -0.183. The van der Waals surface area contributed by atoms with Crippen molar-refractivity contribution in [2.75, 3.05) is 5.32 Å². The predicted octanol–water partition coefficient (Wildman–Crippen LogP) is 7.86. The van der Waals surface area contributed by atoms with Gasteiger partial charge < -0.3 is 14.8 Å². The first kappa shape index (κ1) is 23.0. The quantitative estimate of drug-likeness (QED) is 0.375. The molecule has 0 unspecified atom stereocenters. The molecule has 0 spiro atoms. The summed E-state index contributed by atoms with van der Waals surface area (Å²) in [6.07, 6.45) is 7.49. The first-order valence-electron chi connectivity index (χ1n) is 10.9. The first-order chi connectivity index (χ1) is 15.5. The number of anilines is 1. The smallest absolute Gasteiger partial charge is 0.322 e. The van der Waals surface area contributed by atoms with Gasteiger partial charge in [0.1, 0.15) is 0 Å². The van der Waals surface area contributed by atoms with Gasteiger partial charge in [0, 0.05) is 29.5 Å². The van der Waals surface area contributed by atoms with Crippen LogP contribution >= 0.6 is 34.8 Å². The minimum Gasteiger partial charge on any atom is -0.345 e. The Hall–Kier alpha value is -2.14. The van der Waals surface area contributed by atoms with Gasteiger partial charge in [-0.3, -0.25) is 0 Å². The van der Waals surface area contributed by atoms with Gasteiger partial charge in [-0.25, -0.2) is 4.79 Å². The van der Waals surface area contributed by atoms with E-state index in [-0.39, 0.29) is 12.1 Å². The lowest BCUT2D eigenvalue weighted by Crippen LogP contribution is -2.43. The van der Waals surface area contributed by atoms with Crippen LogP contribution in [0.5, 0.6) is 0 Å². The van der Waals surface area contributed by atoms with Crippen LogP contribution in [0.25, 0.3) is 0 Å². The van der Waals surface area contributed by atoms with Crippen molar-refractivity contribution in [3.63, 3.8) is 0 Å². The molecule has 0 radical (unpaired) electrons. The van der Waals surface area contributed by atoms with Gasteiger partial charge in [-0.15, -0.1) is 0 Å². The number of para-hydroxylation sites is 1. The van der Waals surface area contributed by atoms with Crippen molar-refractivity contribution in [1.82, 2.24) is 9.47 Å². The molecule has 0 saturated heterocycles.